The molecule has 3 aromatic rings. The Labute approximate surface area is 208 Å². The number of amides is 1. The molecule has 0 saturated heterocycles. The summed E-state index contributed by atoms with van der Waals surface area (Å²) in [5.41, 5.74) is 2.66. The van der Waals surface area contributed by atoms with Crippen LogP contribution >= 0.6 is 23.2 Å². The first-order valence-corrected chi connectivity index (χ1v) is 11.8. The van der Waals surface area contributed by atoms with Crippen LogP contribution in [-0.2, 0) is 24.2 Å². The monoisotopic (exact) mass is 497 g/mol. The zero-order chi connectivity index (χ0) is 24.3. The van der Waals surface area contributed by atoms with Gasteiger partial charge in [-0.1, -0.05) is 59.6 Å². The number of rotatable bonds is 7. The molecule has 34 heavy (non-hydrogen) atoms. The Morgan fingerprint density at radius 2 is 1.65 bits per heavy atom. The first-order valence-electron chi connectivity index (χ1n) is 11.0. The average molecular weight is 498 g/mol. The fourth-order valence-electron chi connectivity index (χ4n) is 4.27. The average Bonchev–Trinajstić information content (AvgIpc) is 2.80. The lowest BCUT2D eigenvalue weighted by Gasteiger charge is -2.36. The van der Waals surface area contributed by atoms with Crippen LogP contribution in [-0.4, -0.2) is 34.0 Å². The summed E-state index contributed by atoms with van der Waals surface area (Å²) < 4.78 is 6.35. The number of aliphatic carboxylic acids is 1. The van der Waals surface area contributed by atoms with Gasteiger partial charge in [-0.3, -0.25) is 9.59 Å². The molecule has 1 aliphatic heterocycles. The van der Waals surface area contributed by atoms with E-state index in [-0.39, 0.29) is 12.5 Å². The molecule has 0 unspecified atom stereocenters. The second kappa shape index (κ2) is 10.1. The normalized spacial score (nSPS) is 16.9. The lowest BCUT2D eigenvalue weighted by atomic mass is 9.86. The van der Waals surface area contributed by atoms with Crippen LogP contribution in [0.1, 0.15) is 40.4 Å². The minimum atomic E-state index is -1.09. The third kappa shape index (κ3) is 5.54. The molecule has 1 aliphatic rings. The van der Waals surface area contributed by atoms with E-state index in [9.17, 15) is 14.7 Å². The lowest BCUT2D eigenvalue weighted by Crippen LogP contribution is -2.39. The van der Waals surface area contributed by atoms with E-state index >= 15 is 0 Å². The van der Waals surface area contributed by atoms with Gasteiger partial charge in [0.2, 0.25) is 0 Å². The Morgan fingerprint density at radius 3 is 2.29 bits per heavy atom. The van der Waals surface area contributed by atoms with Crippen LogP contribution in [0.25, 0.3) is 0 Å². The molecule has 1 heterocycles. The van der Waals surface area contributed by atoms with Gasteiger partial charge in [0.1, 0.15) is 17.9 Å². The van der Waals surface area contributed by atoms with Crippen molar-refractivity contribution >= 4 is 35.1 Å². The zero-order valence-electron chi connectivity index (χ0n) is 18.8. The summed E-state index contributed by atoms with van der Waals surface area (Å²) in [7, 11) is 0. The summed E-state index contributed by atoms with van der Waals surface area (Å²) in [6.07, 6.45) is 2.18. The van der Waals surface area contributed by atoms with Crippen molar-refractivity contribution in [1.29, 1.82) is 0 Å². The smallest absolute Gasteiger partial charge is 0.323 e. The van der Waals surface area contributed by atoms with Gasteiger partial charge in [0.15, 0.2) is 0 Å². The van der Waals surface area contributed by atoms with Crippen molar-refractivity contribution in [2.45, 2.75) is 38.3 Å². The highest BCUT2D eigenvalue weighted by molar-refractivity contribution is 6.31. The van der Waals surface area contributed by atoms with Gasteiger partial charge in [0, 0.05) is 28.6 Å². The largest absolute Gasteiger partial charge is 0.487 e. The van der Waals surface area contributed by atoms with E-state index in [1.807, 2.05) is 24.3 Å². The molecular weight excluding hydrogens is 473 g/mol. The standard InChI is InChI=1S/C27H25Cl2NO4/c1-27(15-20-6-2-4-8-22(20)28)13-12-18-14-19(10-11-24(18)34-27)26(33)30(17-25(31)32)16-21-7-3-5-9-23(21)29/h2-11,14H,12-13,15-17H2,1H3,(H,31,32)/t27-/m0/s1. The van der Waals surface area contributed by atoms with Crippen LogP contribution in [0.15, 0.2) is 66.7 Å². The molecule has 0 aliphatic carbocycles. The Morgan fingerprint density at radius 1 is 1.00 bits per heavy atom. The SMILES string of the molecule is C[C@@]1(Cc2ccccc2Cl)CCc2cc(C(=O)N(CC(=O)O)Cc3ccccc3Cl)ccc2O1. The molecule has 0 bridgehead atoms. The highest BCUT2D eigenvalue weighted by atomic mass is 35.5. The molecule has 0 aromatic heterocycles. The predicted octanol–water partition coefficient (Wildman–Crippen LogP) is 6.05. The number of hydrogen-bond donors (Lipinski definition) is 1. The lowest BCUT2D eigenvalue weighted by molar-refractivity contribution is -0.137. The number of fused-ring (bicyclic) bond motifs is 1. The number of nitrogens with zero attached hydrogens (tertiary/aromatic N) is 1. The third-order valence-electron chi connectivity index (χ3n) is 6.04. The van der Waals surface area contributed by atoms with Crippen LogP contribution in [0.3, 0.4) is 0 Å². The van der Waals surface area contributed by atoms with E-state index in [2.05, 4.69) is 6.92 Å². The fourth-order valence-corrected chi connectivity index (χ4v) is 4.67. The summed E-state index contributed by atoms with van der Waals surface area (Å²) in [6.45, 7) is 1.75. The molecular formula is C27H25Cl2NO4. The maximum Gasteiger partial charge on any atom is 0.323 e. The molecule has 0 spiro atoms. The highest BCUT2D eigenvalue weighted by Crippen LogP contribution is 2.37. The first kappa shape index (κ1) is 24.1. The summed E-state index contributed by atoms with van der Waals surface area (Å²) in [6, 6.07) is 20.1. The van der Waals surface area contributed by atoms with Gasteiger partial charge in [-0.05, 0) is 66.8 Å². The van der Waals surface area contributed by atoms with Crippen LogP contribution in [0, 0.1) is 0 Å². The number of ether oxygens (including phenoxy) is 1. The van der Waals surface area contributed by atoms with Crippen molar-refractivity contribution in [2.24, 2.45) is 0 Å². The van der Waals surface area contributed by atoms with E-state index in [0.29, 0.717) is 22.6 Å². The summed E-state index contributed by atoms with van der Waals surface area (Å²) in [5.74, 6) is -0.722. The van der Waals surface area contributed by atoms with E-state index < -0.39 is 18.1 Å². The number of carboxylic acids is 1. The molecule has 176 valence electrons. The molecule has 3 aromatic carbocycles. The molecule has 1 amide bonds. The number of carbonyl (C=O) groups is 2. The van der Waals surface area contributed by atoms with Crippen molar-refractivity contribution in [1.82, 2.24) is 4.90 Å². The number of carbonyl (C=O) groups excluding carboxylic acids is 1. The minimum absolute atomic E-state index is 0.105. The molecule has 0 radical (unpaired) electrons. The van der Waals surface area contributed by atoms with E-state index in [4.69, 9.17) is 27.9 Å². The van der Waals surface area contributed by atoms with Gasteiger partial charge in [-0.25, -0.2) is 0 Å². The maximum atomic E-state index is 13.3. The van der Waals surface area contributed by atoms with Gasteiger partial charge in [-0.15, -0.1) is 0 Å². The maximum absolute atomic E-state index is 13.3. The number of carboxylic acid groups (broad SMARTS) is 1. The van der Waals surface area contributed by atoms with Crippen LogP contribution < -0.4 is 4.74 Å². The number of hydrogen-bond acceptors (Lipinski definition) is 3. The van der Waals surface area contributed by atoms with Crippen LogP contribution in [0.5, 0.6) is 5.75 Å². The van der Waals surface area contributed by atoms with Gasteiger partial charge in [0.05, 0.1) is 0 Å². The topological polar surface area (TPSA) is 66.8 Å². The van der Waals surface area contributed by atoms with Crippen molar-refractivity contribution in [3.05, 3.63) is 99.0 Å². The Bertz CT molecular complexity index is 1230. The van der Waals surface area contributed by atoms with Crippen LogP contribution in [0.4, 0.5) is 0 Å². The first-order chi connectivity index (χ1) is 16.2. The van der Waals surface area contributed by atoms with Crippen molar-refractivity contribution < 1.29 is 19.4 Å². The van der Waals surface area contributed by atoms with E-state index in [1.165, 1.54) is 4.90 Å². The summed E-state index contributed by atoms with van der Waals surface area (Å²) in [4.78, 5) is 26.0. The Kier molecular flexibility index (Phi) is 7.15. The van der Waals surface area contributed by atoms with Crippen molar-refractivity contribution in [2.75, 3.05) is 6.54 Å². The van der Waals surface area contributed by atoms with Gasteiger partial charge in [-0.2, -0.15) is 0 Å². The molecule has 1 N–H and O–H groups in total. The fraction of sp³-hybridized carbons (Fsp3) is 0.259. The second-order valence-corrected chi connectivity index (χ2v) is 9.60. The molecule has 5 nitrogen and oxygen atoms in total. The third-order valence-corrected chi connectivity index (χ3v) is 6.78. The van der Waals surface area contributed by atoms with Crippen molar-refractivity contribution in [3.8, 4) is 5.75 Å². The molecule has 4 rings (SSSR count). The number of halogens is 2. The second-order valence-electron chi connectivity index (χ2n) is 8.79. The molecule has 0 saturated carbocycles. The quantitative estimate of drug-likeness (QED) is 0.431. The molecule has 1 atom stereocenters. The van der Waals surface area contributed by atoms with Gasteiger partial charge in [0.25, 0.3) is 5.91 Å². The van der Waals surface area contributed by atoms with Gasteiger partial charge < -0.3 is 14.7 Å². The zero-order valence-corrected chi connectivity index (χ0v) is 20.3. The molecule has 7 heteroatoms. The summed E-state index contributed by atoms with van der Waals surface area (Å²) in [5, 5.41) is 10.6. The Balaban J connectivity index is 1.53. The predicted molar refractivity (Wildman–Crippen MR) is 133 cm³/mol. The van der Waals surface area contributed by atoms with Gasteiger partial charge >= 0.3 is 5.97 Å². The van der Waals surface area contributed by atoms with E-state index in [1.54, 1.807) is 42.5 Å². The number of benzene rings is 3. The van der Waals surface area contributed by atoms with E-state index in [0.717, 1.165) is 34.7 Å². The number of aryl methyl sites for hydroxylation is 1. The summed E-state index contributed by atoms with van der Waals surface area (Å²) >= 11 is 12.6. The Hall–Kier alpha value is -3.02. The van der Waals surface area contributed by atoms with Crippen LogP contribution in [0.2, 0.25) is 10.0 Å². The minimum Gasteiger partial charge on any atom is -0.487 e. The highest BCUT2D eigenvalue weighted by Gasteiger charge is 2.33. The molecule has 0 fully saturated rings. The van der Waals surface area contributed by atoms with Crippen molar-refractivity contribution in [3.63, 3.8) is 0 Å².